The summed E-state index contributed by atoms with van der Waals surface area (Å²) in [6, 6.07) is 0.711. The molecule has 1 unspecified atom stereocenters. The molecule has 1 aromatic heterocycles. The summed E-state index contributed by atoms with van der Waals surface area (Å²) in [4.78, 5) is 3.84. The van der Waals surface area contributed by atoms with Crippen molar-refractivity contribution in [3.8, 4) is 0 Å². The second-order valence-corrected chi connectivity index (χ2v) is 6.06. The number of hydrogen-bond acceptors (Lipinski definition) is 3. The Bertz CT molecular complexity index is 394. The Labute approximate surface area is 116 Å². The van der Waals surface area contributed by atoms with Gasteiger partial charge in [0.05, 0.1) is 5.56 Å². The summed E-state index contributed by atoms with van der Waals surface area (Å²) >= 11 is 1.64. The standard InChI is InChI=1S/C13H19F3N2S/c1-4-18-12(8-19-9(2)3)10-7-17-6-5-11(10)13(14,15)16/h5-7,9,12,18H,4,8H2,1-3H3. The van der Waals surface area contributed by atoms with E-state index < -0.39 is 11.7 Å². The molecule has 0 aromatic carbocycles. The number of thioether (sulfide) groups is 1. The molecule has 0 bridgehead atoms. The Balaban J connectivity index is 3.01. The molecule has 1 aromatic rings. The highest BCUT2D eigenvalue weighted by Crippen LogP contribution is 2.35. The van der Waals surface area contributed by atoms with E-state index in [1.165, 1.54) is 12.4 Å². The van der Waals surface area contributed by atoms with E-state index in [4.69, 9.17) is 0 Å². The Kier molecular flexibility index (Phi) is 6.13. The normalized spacial score (nSPS) is 13.8. The van der Waals surface area contributed by atoms with Crippen molar-refractivity contribution >= 4 is 11.8 Å². The van der Waals surface area contributed by atoms with Gasteiger partial charge in [0, 0.05) is 29.8 Å². The molecular formula is C13H19F3N2S. The summed E-state index contributed by atoms with van der Waals surface area (Å²) in [5, 5.41) is 3.49. The lowest BCUT2D eigenvalue weighted by molar-refractivity contribution is -0.138. The Morgan fingerprint density at radius 3 is 2.58 bits per heavy atom. The van der Waals surface area contributed by atoms with E-state index in [9.17, 15) is 13.2 Å². The van der Waals surface area contributed by atoms with Crippen LogP contribution in [0.2, 0.25) is 0 Å². The lowest BCUT2D eigenvalue weighted by Gasteiger charge is -2.22. The largest absolute Gasteiger partial charge is 0.416 e. The third-order valence-corrected chi connectivity index (χ3v) is 3.77. The van der Waals surface area contributed by atoms with Crippen molar-refractivity contribution < 1.29 is 13.2 Å². The quantitative estimate of drug-likeness (QED) is 0.861. The molecule has 1 N–H and O–H groups in total. The van der Waals surface area contributed by atoms with E-state index >= 15 is 0 Å². The third kappa shape index (κ3) is 5.03. The number of nitrogens with one attached hydrogen (secondary N) is 1. The van der Waals surface area contributed by atoms with Gasteiger partial charge in [-0.25, -0.2) is 0 Å². The summed E-state index contributed by atoms with van der Waals surface area (Å²) in [5.74, 6) is 0.598. The van der Waals surface area contributed by atoms with Crippen LogP contribution in [0.3, 0.4) is 0 Å². The van der Waals surface area contributed by atoms with Crippen LogP contribution in [0.4, 0.5) is 13.2 Å². The van der Waals surface area contributed by atoms with E-state index in [0.29, 0.717) is 17.5 Å². The first-order valence-electron chi connectivity index (χ1n) is 6.22. The van der Waals surface area contributed by atoms with E-state index in [1.807, 2.05) is 20.8 Å². The van der Waals surface area contributed by atoms with Crippen LogP contribution in [0.5, 0.6) is 0 Å². The van der Waals surface area contributed by atoms with Gasteiger partial charge in [0.25, 0.3) is 0 Å². The third-order valence-electron chi connectivity index (χ3n) is 2.58. The van der Waals surface area contributed by atoms with Gasteiger partial charge in [-0.05, 0) is 17.9 Å². The number of alkyl halides is 3. The van der Waals surface area contributed by atoms with Crippen LogP contribution in [0.1, 0.15) is 37.9 Å². The van der Waals surface area contributed by atoms with Crippen LogP contribution in [0.25, 0.3) is 0 Å². The minimum Gasteiger partial charge on any atom is -0.309 e. The Morgan fingerprint density at radius 1 is 1.37 bits per heavy atom. The zero-order chi connectivity index (χ0) is 14.5. The highest BCUT2D eigenvalue weighted by Gasteiger charge is 2.35. The number of halogens is 3. The van der Waals surface area contributed by atoms with Gasteiger partial charge in [-0.15, -0.1) is 0 Å². The van der Waals surface area contributed by atoms with Crippen molar-refractivity contribution in [3.63, 3.8) is 0 Å². The maximum absolute atomic E-state index is 13.0. The number of pyridine rings is 1. The van der Waals surface area contributed by atoms with Gasteiger partial charge in [0.1, 0.15) is 0 Å². The summed E-state index contributed by atoms with van der Waals surface area (Å²) < 4.78 is 39.0. The van der Waals surface area contributed by atoms with E-state index in [2.05, 4.69) is 10.3 Å². The van der Waals surface area contributed by atoms with Crippen molar-refractivity contribution in [2.24, 2.45) is 0 Å². The molecule has 0 amide bonds. The van der Waals surface area contributed by atoms with Gasteiger partial charge in [0.15, 0.2) is 0 Å². The minimum absolute atomic E-state index is 0.227. The molecule has 0 saturated heterocycles. The summed E-state index contributed by atoms with van der Waals surface area (Å²) in [6.45, 7) is 6.56. The zero-order valence-electron chi connectivity index (χ0n) is 11.3. The second kappa shape index (κ2) is 7.14. The molecule has 0 aliphatic rings. The number of nitrogens with zero attached hydrogens (tertiary/aromatic N) is 1. The first-order valence-corrected chi connectivity index (χ1v) is 7.27. The summed E-state index contributed by atoms with van der Waals surface area (Å²) in [7, 11) is 0. The molecule has 0 spiro atoms. The minimum atomic E-state index is -4.34. The predicted octanol–water partition coefficient (Wildman–Crippen LogP) is 3.89. The molecule has 6 heteroatoms. The van der Waals surface area contributed by atoms with Gasteiger partial charge < -0.3 is 5.32 Å². The fourth-order valence-electron chi connectivity index (χ4n) is 1.74. The lowest BCUT2D eigenvalue weighted by Crippen LogP contribution is -2.26. The monoisotopic (exact) mass is 292 g/mol. The van der Waals surface area contributed by atoms with E-state index in [1.54, 1.807) is 11.8 Å². The van der Waals surface area contributed by atoms with Crippen molar-refractivity contribution in [3.05, 3.63) is 29.6 Å². The molecule has 0 aliphatic carbocycles. The van der Waals surface area contributed by atoms with Crippen molar-refractivity contribution in [1.29, 1.82) is 0 Å². The van der Waals surface area contributed by atoms with Gasteiger partial charge in [-0.1, -0.05) is 20.8 Å². The molecule has 108 valence electrons. The molecule has 1 atom stereocenters. The molecule has 1 heterocycles. The summed E-state index contributed by atoms with van der Waals surface area (Å²) in [6.07, 6.45) is -1.84. The molecule has 1 rings (SSSR count). The van der Waals surface area contributed by atoms with Crippen molar-refractivity contribution in [1.82, 2.24) is 10.3 Å². The number of hydrogen-bond donors (Lipinski definition) is 1. The highest BCUT2D eigenvalue weighted by molar-refractivity contribution is 7.99. The van der Waals surface area contributed by atoms with Gasteiger partial charge >= 0.3 is 6.18 Å². The van der Waals surface area contributed by atoms with Gasteiger partial charge in [0.2, 0.25) is 0 Å². The van der Waals surface area contributed by atoms with E-state index in [-0.39, 0.29) is 11.6 Å². The smallest absolute Gasteiger partial charge is 0.309 e. The molecule has 19 heavy (non-hydrogen) atoms. The maximum Gasteiger partial charge on any atom is 0.416 e. The van der Waals surface area contributed by atoms with Crippen LogP contribution in [0, 0.1) is 0 Å². The Hall–Kier alpha value is -0.750. The molecule has 0 fully saturated rings. The first kappa shape index (κ1) is 16.3. The first-order chi connectivity index (χ1) is 8.86. The molecule has 0 saturated carbocycles. The summed E-state index contributed by atoms with van der Waals surface area (Å²) in [5.41, 5.74) is -0.372. The number of rotatable bonds is 6. The van der Waals surface area contributed by atoms with Crippen LogP contribution >= 0.6 is 11.8 Å². The van der Waals surface area contributed by atoms with Crippen molar-refractivity contribution in [2.75, 3.05) is 12.3 Å². The lowest BCUT2D eigenvalue weighted by atomic mass is 10.0. The predicted molar refractivity (Wildman–Crippen MR) is 73.3 cm³/mol. The Morgan fingerprint density at radius 2 is 2.05 bits per heavy atom. The molecule has 0 radical (unpaired) electrons. The van der Waals surface area contributed by atoms with Crippen LogP contribution < -0.4 is 5.32 Å². The topological polar surface area (TPSA) is 24.9 Å². The zero-order valence-corrected chi connectivity index (χ0v) is 12.1. The molecule has 0 aliphatic heterocycles. The SMILES string of the molecule is CCNC(CSC(C)C)c1cnccc1C(F)(F)F. The fourth-order valence-corrected chi connectivity index (χ4v) is 2.61. The van der Waals surface area contributed by atoms with Crippen LogP contribution in [-0.2, 0) is 6.18 Å². The average Bonchev–Trinajstić information content (AvgIpc) is 2.33. The average molecular weight is 292 g/mol. The van der Waals surface area contributed by atoms with E-state index in [0.717, 1.165) is 6.07 Å². The maximum atomic E-state index is 13.0. The molecular weight excluding hydrogens is 273 g/mol. The van der Waals surface area contributed by atoms with Crippen LogP contribution in [0.15, 0.2) is 18.5 Å². The van der Waals surface area contributed by atoms with Crippen LogP contribution in [-0.4, -0.2) is 22.5 Å². The molecule has 2 nitrogen and oxygen atoms in total. The van der Waals surface area contributed by atoms with Gasteiger partial charge in [-0.2, -0.15) is 24.9 Å². The van der Waals surface area contributed by atoms with Gasteiger partial charge in [-0.3, -0.25) is 4.98 Å². The second-order valence-electron chi connectivity index (χ2n) is 4.45. The highest BCUT2D eigenvalue weighted by atomic mass is 32.2. The fraction of sp³-hybridized carbons (Fsp3) is 0.615. The van der Waals surface area contributed by atoms with Crippen molar-refractivity contribution in [2.45, 2.75) is 38.2 Å². The number of aromatic nitrogens is 1.